The van der Waals surface area contributed by atoms with Crippen LogP contribution < -0.4 is 10.2 Å². The number of para-hydroxylation sites is 1. The molecule has 2 aromatic rings. The minimum atomic E-state index is 0.918. The Hall–Kier alpha value is -1.80. The third-order valence-corrected chi connectivity index (χ3v) is 3.83. The highest BCUT2D eigenvalue weighted by molar-refractivity contribution is 5.65. The summed E-state index contributed by atoms with van der Waals surface area (Å²) in [6.07, 6.45) is 2.25. The second kappa shape index (κ2) is 7.84. The van der Waals surface area contributed by atoms with Crippen LogP contribution in [0.3, 0.4) is 0 Å². The largest absolute Gasteiger partial charge is 0.344 e. The van der Waals surface area contributed by atoms with Crippen molar-refractivity contribution in [2.24, 2.45) is 0 Å². The molecule has 0 saturated heterocycles. The third kappa shape index (κ3) is 4.08. The highest BCUT2D eigenvalue weighted by Crippen LogP contribution is 2.27. The molecule has 0 saturated carbocycles. The van der Waals surface area contributed by atoms with Gasteiger partial charge >= 0.3 is 0 Å². The second-order valence-corrected chi connectivity index (χ2v) is 5.38. The van der Waals surface area contributed by atoms with Crippen molar-refractivity contribution >= 4 is 11.4 Å². The Labute approximate surface area is 128 Å². The van der Waals surface area contributed by atoms with Gasteiger partial charge in [-0.05, 0) is 48.7 Å². The van der Waals surface area contributed by atoms with Crippen LogP contribution in [0.25, 0.3) is 0 Å². The fourth-order valence-electron chi connectivity index (χ4n) is 2.48. The Bertz CT molecular complexity index is 546. The molecule has 112 valence electrons. The number of nitrogens with one attached hydrogen (secondary N) is 1. The SMILES string of the molecule is CCCNCc1ccccc1N(C)c1ccc(CC)cc1. The average Bonchev–Trinajstić information content (AvgIpc) is 2.55. The molecule has 2 nitrogen and oxygen atoms in total. The van der Waals surface area contributed by atoms with Crippen LogP contribution in [-0.4, -0.2) is 13.6 Å². The van der Waals surface area contributed by atoms with Crippen LogP contribution in [0.2, 0.25) is 0 Å². The van der Waals surface area contributed by atoms with Gasteiger partial charge in [-0.2, -0.15) is 0 Å². The summed E-state index contributed by atoms with van der Waals surface area (Å²) in [6, 6.07) is 17.4. The van der Waals surface area contributed by atoms with Crippen molar-refractivity contribution in [2.45, 2.75) is 33.2 Å². The van der Waals surface area contributed by atoms with Gasteiger partial charge in [-0.15, -0.1) is 0 Å². The molecule has 0 fully saturated rings. The van der Waals surface area contributed by atoms with Gasteiger partial charge in [0.2, 0.25) is 0 Å². The number of aryl methyl sites for hydroxylation is 1. The van der Waals surface area contributed by atoms with Gasteiger partial charge in [0, 0.05) is 25.0 Å². The quantitative estimate of drug-likeness (QED) is 0.751. The van der Waals surface area contributed by atoms with Crippen molar-refractivity contribution in [1.29, 1.82) is 0 Å². The van der Waals surface area contributed by atoms with Gasteiger partial charge in [0.25, 0.3) is 0 Å². The van der Waals surface area contributed by atoms with Gasteiger partial charge in [-0.25, -0.2) is 0 Å². The lowest BCUT2D eigenvalue weighted by Crippen LogP contribution is -2.18. The van der Waals surface area contributed by atoms with Crippen LogP contribution in [0.1, 0.15) is 31.4 Å². The van der Waals surface area contributed by atoms with Gasteiger partial charge < -0.3 is 10.2 Å². The van der Waals surface area contributed by atoms with E-state index in [9.17, 15) is 0 Å². The van der Waals surface area contributed by atoms with Crippen LogP contribution in [0.5, 0.6) is 0 Å². The summed E-state index contributed by atoms with van der Waals surface area (Å²) in [5.41, 5.74) is 5.22. The third-order valence-electron chi connectivity index (χ3n) is 3.83. The van der Waals surface area contributed by atoms with E-state index >= 15 is 0 Å². The Morgan fingerprint density at radius 2 is 1.67 bits per heavy atom. The zero-order chi connectivity index (χ0) is 15.1. The first kappa shape index (κ1) is 15.6. The number of benzene rings is 2. The Morgan fingerprint density at radius 1 is 0.952 bits per heavy atom. The van der Waals surface area contributed by atoms with Crippen molar-refractivity contribution in [1.82, 2.24) is 5.32 Å². The second-order valence-electron chi connectivity index (χ2n) is 5.38. The first-order valence-electron chi connectivity index (χ1n) is 7.87. The molecule has 0 bridgehead atoms. The van der Waals surface area contributed by atoms with E-state index in [0.29, 0.717) is 0 Å². The predicted molar refractivity (Wildman–Crippen MR) is 92.3 cm³/mol. The summed E-state index contributed by atoms with van der Waals surface area (Å²) in [7, 11) is 2.14. The van der Waals surface area contributed by atoms with Crippen molar-refractivity contribution in [3.8, 4) is 0 Å². The molecule has 0 aliphatic carbocycles. The van der Waals surface area contributed by atoms with Crippen LogP contribution in [0.4, 0.5) is 11.4 Å². The average molecular weight is 282 g/mol. The van der Waals surface area contributed by atoms with E-state index in [1.807, 2.05) is 0 Å². The molecule has 0 amide bonds. The molecule has 0 radical (unpaired) electrons. The Balaban J connectivity index is 2.19. The zero-order valence-electron chi connectivity index (χ0n) is 13.4. The molecule has 2 aromatic carbocycles. The maximum Gasteiger partial charge on any atom is 0.0453 e. The van der Waals surface area contributed by atoms with E-state index in [0.717, 1.165) is 25.9 Å². The number of anilines is 2. The first-order valence-corrected chi connectivity index (χ1v) is 7.87. The highest BCUT2D eigenvalue weighted by atomic mass is 15.1. The summed E-state index contributed by atoms with van der Waals surface area (Å²) in [5.74, 6) is 0. The molecule has 0 spiro atoms. The molecular formula is C19H26N2. The predicted octanol–water partition coefficient (Wildman–Crippen LogP) is 4.52. The minimum absolute atomic E-state index is 0.918. The maximum absolute atomic E-state index is 3.49. The minimum Gasteiger partial charge on any atom is -0.344 e. The standard InChI is InChI=1S/C19H26N2/c1-4-14-20-15-17-8-6-7-9-19(17)21(3)18-12-10-16(5-2)11-13-18/h6-13,20H,4-5,14-15H2,1-3H3. The molecule has 2 rings (SSSR count). The van der Waals surface area contributed by atoms with Crippen LogP contribution >= 0.6 is 0 Å². The van der Waals surface area contributed by atoms with Crippen molar-refractivity contribution in [3.63, 3.8) is 0 Å². The zero-order valence-corrected chi connectivity index (χ0v) is 13.4. The summed E-state index contributed by atoms with van der Waals surface area (Å²) in [4.78, 5) is 2.27. The molecule has 0 unspecified atom stereocenters. The fraction of sp³-hybridized carbons (Fsp3) is 0.368. The normalized spacial score (nSPS) is 10.6. The lowest BCUT2D eigenvalue weighted by atomic mass is 10.1. The van der Waals surface area contributed by atoms with Gasteiger partial charge in [0.05, 0.1) is 0 Å². The number of hydrogen-bond acceptors (Lipinski definition) is 2. The van der Waals surface area contributed by atoms with Crippen LogP contribution in [-0.2, 0) is 13.0 Å². The van der Waals surface area contributed by atoms with E-state index in [1.54, 1.807) is 0 Å². The molecule has 0 atom stereocenters. The summed E-state index contributed by atoms with van der Waals surface area (Å²) in [6.45, 7) is 6.36. The summed E-state index contributed by atoms with van der Waals surface area (Å²) < 4.78 is 0. The van der Waals surface area contributed by atoms with Gasteiger partial charge in [0.1, 0.15) is 0 Å². The number of rotatable bonds is 7. The van der Waals surface area contributed by atoms with E-state index in [-0.39, 0.29) is 0 Å². The van der Waals surface area contributed by atoms with E-state index < -0.39 is 0 Å². The van der Waals surface area contributed by atoms with Gasteiger partial charge in [-0.3, -0.25) is 0 Å². The molecule has 0 aromatic heterocycles. The Kier molecular flexibility index (Phi) is 5.82. The van der Waals surface area contributed by atoms with Crippen LogP contribution in [0, 0.1) is 0 Å². The first-order chi connectivity index (χ1) is 10.3. The lowest BCUT2D eigenvalue weighted by molar-refractivity contribution is 0.675. The molecule has 0 heterocycles. The monoisotopic (exact) mass is 282 g/mol. The highest BCUT2D eigenvalue weighted by Gasteiger charge is 2.08. The fourth-order valence-corrected chi connectivity index (χ4v) is 2.48. The van der Waals surface area contributed by atoms with E-state index in [4.69, 9.17) is 0 Å². The lowest BCUT2D eigenvalue weighted by Gasteiger charge is -2.23. The topological polar surface area (TPSA) is 15.3 Å². The Morgan fingerprint density at radius 3 is 2.33 bits per heavy atom. The molecule has 2 heteroatoms. The molecular weight excluding hydrogens is 256 g/mol. The molecule has 1 N–H and O–H groups in total. The van der Waals surface area contributed by atoms with Crippen molar-refractivity contribution < 1.29 is 0 Å². The van der Waals surface area contributed by atoms with Crippen molar-refractivity contribution in [2.75, 3.05) is 18.5 Å². The summed E-state index contributed by atoms with van der Waals surface area (Å²) in [5, 5.41) is 3.49. The number of nitrogens with zero attached hydrogens (tertiary/aromatic N) is 1. The van der Waals surface area contributed by atoms with E-state index in [1.165, 1.54) is 22.5 Å². The van der Waals surface area contributed by atoms with Gasteiger partial charge in [0.15, 0.2) is 0 Å². The summed E-state index contributed by atoms with van der Waals surface area (Å²) >= 11 is 0. The van der Waals surface area contributed by atoms with E-state index in [2.05, 4.69) is 79.6 Å². The molecule has 0 aliphatic rings. The van der Waals surface area contributed by atoms with Crippen LogP contribution in [0.15, 0.2) is 48.5 Å². The number of hydrogen-bond donors (Lipinski definition) is 1. The molecule has 21 heavy (non-hydrogen) atoms. The molecule has 0 aliphatic heterocycles. The smallest absolute Gasteiger partial charge is 0.0453 e. The maximum atomic E-state index is 3.49. The van der Waals surface area contributed by atoms with Crippen molar-refractivity contribution in [3.05, 3.63) is 59.7 Å². The van der Waals surface area contributed by atoms with Gasteiger partial charge in [-0.1, -0.05) is 44.2 Å².